The van der Waals surface area contributed by atoms with Gasteiger partial charge in [0.15, 0.2) is 0 Å². The SMILES string of the molecule is CC(CC(C)(C)NNC(N)=O)=NNC(N)=O. The lowest BCUT2D eigenvalue weighted by Crippen LogP contribution is -2.53. The smallest absolute Gasteiger partial charge is 0.332 e. The van der Waals surface area contributed by atoms with Crippen molar-refractivity contribution in [2.45, 2.75) is 32.7 Å². The molecule has 0 aliphatic heterocycles. The van der Waals surface area contributed by atoms with E-state index in [1.54, 1.807) is 6.92 Å². The van der Waals surface area contributed by atoms with Gasteiger partial charge in [-0.05, 0) is 20.8 Å². The van der Waals surface area contributed by atoms with Crippen molar-refractivity contribution >= 4 is 17.8 Å². The Morgan fingerprint density at radius 1 is 1.25 bits per heavy atom. The Hall–Kier alpha value is -1.83. The average molecular weight is 230 g/mol. The third-order valence-electron chi connectivity index (χ3n) is 1.58. The van der Waals surface area contributed by atoms with Crippen LogP contribution in [-0.4, -0.2) is 23.3 Å². The molecule has 8 nitrogen and oxygen atoms in total. The van der Waals surface area contributed by atoms with Crippen molar-refractivity contribution in [2.24, 2.45) is 16.6 Å². The van der Waals surface area contributed by atoms with Crippen molar-refractivity contribution in [1.29, 1.82) is 0 Å². The number of hydrogen-bond donors (Lipinski definition) is 5. The first-order chi connectivity index (χ1) is 7.23. The number of nitrogens with two attached hydrogens (primary N) is 2. The van der Waals surface area contributed by atoms with E-state index >= 15 is 0 Å². The second kappa shape index (κ2) is 5.91. The molecular formula is C8H18N6O2. The second-order valence-corrected chi connectivity index (χ2v) is 4.00. The van der Waals surface area contributed by atoms with Gasteiger partial charge < -0.3 is 11.5 Å². The number of rotatable bonds is 5. The summed E-state index contributed by atoms with van der Waals surface area (Å²) >= 11 is 0. The highest BCUT2D eigenvalue weighted by Crippen LogP contribution is 2.07. The van der Waals surface area contributed by atoms with Gasteiger partial charge in [-0.3, -0.25) is 5.43 Å². The maximum atomic E-state index is 10.5. The van der Waals surface area contributed by atoms with E-state index in [0.29, 0.717) is 12.1 Å². The molecule has 0 aliphatic carbocycles. The summed E-state index contributed by atoms with van der Waals surface area (Å²) in [7, 11) is 0. The van der Waals surface area contributed by atoms with Crippen molar-refractivity contribution in [3.63, 3.8) is 0 Å². The first-order valence-electron chi connectivity index (χ1n) is 4.64. The zero-order valence-corrected chi connectivity index (χ0v) is 9.63. The largest absolute Gasteiger partial charge is 0.351 e. The Bertz CT molecular complexity index is 299. The maximum absolute atomic E-state index is 10.5. The molecule has 0 aromatic rings. The van der Waals surface area contributed by atoms with E-state index in [4.69, 9.17) is 11.5 Å². The molecule has 0 radical (unpaired) electrons. The zero-order valence-electron chi connectivity index (χ0n) is 9.63. The standard InChI is InChI=1S/C8H18N6O2/c1-5(11-12-6(9)15)4-8(2,3)14-13-7(10)16/h14H,4H2,1-3H3,(H3,9,12,15)(H3,10,13,16). The van der Waals surface area contributed by atoms with Crippen LogP contribution in [0.1, 0.15) is 27.2 Å². The van der Waals surface area contributed by atoms with Gasteiger partial charge in [0.25, 0.3) is 0 Å². The summed E-state index contributed by atoms with van der Waals surface area (Å²) in [5.41, 5.74) is 17.1. The summed E-state index contributed by atoms with van der Waals surface area (Å²) in [4.78, 5) is 20.9. The molecule has 0 saturated heterocycles. The Balaban J connectivity index is 4.18. The molecule has 8 heteroatoms. The summed E-state index contributed by atoms with van der Waals surface area (Å²) in [5, 5.41) is 3.74. The molecule has 0 heterocycles. The van der Waals surface area contributed by atoms with Crippen LogP contribution in [0.15, 0.2) is 5.10 Å². The van der Waals surface area contributed by atoms with Crippen molar-refractivity contribution in [3.05, 3.63) is 0 Å². The molecule has 0 fully saturated rings. The predicted octanol–water partition coefficient (Wildman–Crippen LogP) is -0.628. The average Bonchev–Trinajstić information content (AvgIpc) is 2.11. The molecule has 0 bridgehead atoms. The van der Waals surface area contributed by atoms with Crippen molar-refractivity contribution in [1.82, 2.24) is 16.3 Å². The molecule has 0 aromatic heterocycles. The molecule has 0 rings (SSSR count). The fourth-order valence-electron chi connectivity index (χ4n) is 1.10. The Kier molecular flexibility index (Phi) is 5.23. The first-order valence-corrected chi connectivity index (χ1v) is 4.64. The normalized spacial score (nSPS) is 12.1. The third kappa shape index (κ3) is 7.56. The Morgan fingerprint density at radius 3 is 2.25 bits per heavy atom. The molecule has 0 atom stereocenters. The van der Waals surface area contributed by atoms with E-state index in [1.165, 1.54) is 0 Å². The van der Waals surface area contributed by atoms with Crippen LogP contribution in [0.5, 0.6) is 0 Å². The van der Waals surface area contributed by atoms with Crippen LogP contribution in [0, 0.1) is 0 Å². The summed E-state index contributed by atoms with van der Waals surface area (Å²) in [6, 6.07) is -1.39. The van der Waals surface area contributed by atoms with Gasteiger partial charge in [-0.1, -0.05) is 0 Å². The molecule has 0 unspecified atom stereocenters. The van der Waals surface area contributed by atoms with Gasteiger partial charge >= 0.3 is 12.1 Å². The molecule has 0 spiro atoms. The van der Waals surface area contributed by atoms with Crippen LogP contribution >= 0.6 is 0 Å². The highest BCUT2D eigenvalue weighted by atomic mass is 16.2. The lowest BCUT2D eigenvalue weighted by atomic mass is 9.99. The number of amides is 4. The highest BCUT2D eigenvalue weighted by Gasteiger charge is 2.18. The lowest BCUT2D eigenvalue weighted by molar-refractivity contribution is 0.236. The molecule has 92 valence electrons. The topological polar surface area (TPSA) is 135 Å². The Morgan fingerprint density at radius 2 is 1.81 bits per heavy atom. The molecule has 16 heavy (non-hydrogen) atoms. The van der Waals surface area contributed by atoms with Crippen LogP contribution < -0.4 is 27.7 Å². The van der Waals surface area contributed by atoms with Gasteiger partial charge in [0.1, 0.15) is 0 Å². The number of hydrazine groups is 1. The molecular weight excluding hydrogens is 212 g/mol. The van der Waals surface area contributed by atoms with E-state index < -0.39 is 17.6 Å². The summed E-state index contributed by atoms with van der Waals surface area (Å²) in [6.45, 7) is 5.40. The predicted molar refractivity (Wildman–Crippen MR) is 60.4 cm³/mol. The van der Waals surface area contributed by atoms with Gasteiger partial charge in [0.05, 0.1) is 0 Å². The summed E-state index contributed by atoms with van der Waals surface area (Å²) < 4.78 is 0. The van der Waals surface area contributed by atoms with Gasteiger partial charge in [-0.2, -0.15) is 5.10 Å². The summed E-state index contributed by atoms with van der Waals surface area (Å²) in [5.74, 6) is 0. The molecule has 0 aliphatic rings. The number of carbonyl (C=O) groups excluding carboxylic acids is 2. The quantitative estimate of drug-likeness (QED) is 0.318. The molecule has 4 amide bonds. The van der Waals surface area contributed by atoms with Gasteiger partial charge in [-0.15, -0.1) is 0 Å². The third-order valence-corrected chi connectivity index (χ3v) is 1.58. The van der Waals surface area contributed by atoms with Gasteiger partial charge in [-0.25, -0.2) is 20.4 Å². The lowest BCUT2D eigenvalue weighted by Gasteiger charge is -2.25. The van der Waals surface area contributed by atoms with Gasteiger partial charge in [0, 0.05) is 17.7 Å². The highest BCUT2D eigenvalue weighted by molar-refractivity contribution is 5.84. The number of hydrogen-bond acceptors (Lipinski definition) is 4. The van der Waals surface area contributed by atoms with E-state index in [-0.39, 0.29) is 0 Å². The molecule has 7 N–H and O–H groups in total. The maximum Gasteiger partial charge on any atom is 0.332 e. The van der Waals surface area contributed by atoms with Crippen LogP contribution in [0.25, 0.3) is 0 Å². The molecule has 0 aromatic carbocycles. The number of primary amides is 2. The zero-order chi connectivity index (χ0) is 12.8. The van der Waals surface area contributed by atoms with Crippen LogP contribution in [0.3, 0.4) is 0 Å². The number of urea groups is 2. The molecule has 0 saturated carbocycles. The van der Waals surface area contributed by atoms with E-state index in [0.717, 1.165) is 0 Å². The fraction of sp³-hybridized carbons (Fsp3) is 0.625. The number of nitrogens with zero attached hydrogens (tertiary/aromatic N) is 1. The minimum atomic E-state index is -0.722. The minimum absolute atomic E-state index is 0.443. The summed E-state index contributed by atoms with van der Waals surface area (Å²) in [6.07, 6.45) is 0.494. The van der Waals surface area contributed by atoms with Gasteiger partial charge in [0.2, 0.25) is 0 Å². The number of hydrazone groups is 1. The van der Waals surface area contributed by atoms with E-state index in [1.807, 2.05) is 13.8 Å². The number of nitrogens with one attached hydrogen (secondary N) is 3. The van der Waals surface area contributed by atoms with E-state index in [2.05, 4.69) is 21.4 Å². The Labute approximate surface area is 93.8 Å². The second-order valence-electron chi connectivity index (χ2n) is 4.00. The fourth-order valence-corrected chi connectivity index (χ4v) is 1.10. The van der Waals surface area contributed by atoms with E-state index in [9.17, 15) is 9.59 Å². The van der Waals surface area contributed by atoms with Crippen molar-refractivity contribution < 1.29 is 9.59 Å². The van der Waals surface area contributed by atoms with Crippen LogP contribution in [-0.2, 0) is 0 Å². The first kappa shape index (κ1) is 14.2. The monoisotopic (exact) mass is 230 g/mol. The van der Waals surface area contributed by atoms with Crippen LogP contribution in [0.2, 0.25) is 0 Å². The number of carbonyl (C=O) groups is 2. The van der Waals surface area contributed by atoms with Crippen molar-refractivity contribution in [3.8, 4) is 0 Å². The minimum Gasteiger partial charge on any atom is -0.351 e. The van der Waals surface area contributed by atoms with Crippen molar-refractivity contribution in [2.75, 3.05) is 0 Å². The van der Waals surface area contributed by atoms with Crippen LogP contribution in [0.4, 0.5) is 9.59 Å².